The highest BCUT2D eigenvalue weighted by atomic mass is 35.5. The molecule has 2 heterocycles. The maximum absolute atomic E-state index is 12.4. The fourth-order valence-electron chi connectivity index (χ4n) is 3.07. The van der Waals surface area contributed by atoms with E-state index >= 15 is 0 Å². The number of likely N-dealkylation sites (tertiary alicyclic amines) is 1. The lowest BCUT2D eigenvalue weighted by molar-refractivity contribution is -0.143. The Kier molecular flexibility index (Phi) is 11.5. The van der Waals surface area contributed by atoms with Crippen LogP contribution in [0.4, 0.5) is 0 Å². The summed E-state index contributed by atoms with van der Waals surface area (Å²) in [6.45, 7) is 3.93. The normalized spacial score (nSPS) is 14.5. The van der Waals surface area contributed by atoms with Crippen LogP contribution >= 0.6 is 24.8 Å². The van der Waals surface area contributed by atoms with Gasteiger partial charge in [0.1, 0.15) is 12.4 Å². The largest absolute Gasteiger partial charge is 0.465 e. The first-order valence-electron chi connectivity index (χ1n) is 8.61. The Morgan fingerprint density at radius 3 is 2.50 bits per heavy atom. The molecule has 1 amide bonds. The number of nitrogens with zero attached hydrogens (tertiary/aromatic N) is 4. The first kappa shape index (κ1) is 24.7. The average molecular weight is 409 g/mol. The van der Waals surface area contributed by atoms with Crippen LogP contribution in [0.1, 0.15) is 32.0 Å². The van der Waals surface area contributed by atoms with Gasteiger partial charge in [0.2, 0.25) is 5.91 Å². The van der Waals surface area contributed by atoms with Crippen molar-refractivity contribution in [3.8, 4) is 0 Å². The van der Waals surface area contributed by atoms with Crippen molar-refractivity contribution in [1.82, 2.24) is 19.4 Å². The van der Waals surface area contributed by atoms with E-state index in [0.29, 0.717) is 25.5 Å². The van der Waals surface area contributed by atoms with Gasteiger partial charge in [-0.3, -0.25) is 9.59 Å². The summed E-state index contributed by atoms with van der Waals surface area (Å²) in [4.78, 5) is 32.4. The number of carbonyl (C=O) groups excluding carboxylic acids is 2. The summed E-state index contributed by atoms with van der Waals surface area (Å²) in [6.07, 6.45) is 6.42. The van der Waals surface area contributed by atoms with Gasteiger partial charge < -0.3 is 19.1 Å². The highest BCUT2D eigenvalue weighted by Gasteiger charge is 2.23. The molecule has 0 atom stereocenters. The number of carbonyl (C=O) groups is 2. The number of piperidine rings is 1. The Balaban J connectivity index is 0.00000312. The number of imidazole rings is 1. The molecule has 0 bridgehead atoms. The van der Waals surface area contributed by atoms with Crippen LogP contribution in [-0.4, -0.2) is 71.1 Å². The lowest BCUT2D eigenvalue weighted by Crippen LogP contribution is -2.44. The van der Waals surface area contributed by atoms with Gasteiger partial charge in [-0.05, 0) is 33.9 Å². The van der Waals surface area contributed by atoms with Crippen LogP contribution in [0, 0.1) is 0 Å². The third-order valence-corrected chi connectivity index (χ3v) is 4.52. The Bertz CT molecular complexity index is 558. The zero-order valence-electron chi connectivity index (χ0n) is 15.7. The molecule has 0 unspecified atom stereocenters. The molecule has 0 N–H and O–H groups in total. The van der Waals surface area contributed by atoms with Crippen LogP contribution < -0.4 is 0 Å². The molecule has 1 aliphatic heterocycles. The van der Waals surface area contributed by atoms with E-state index in [2.05, 4.69) is 24.0 Å². The van der Waals surface area contributed by atoms with Gasteiger partial charge in [0, 0.05) is 44.4 Å². The van der Waals surface area contributed by atoms with E-state index in [9.17, 15) is 9.59 Å². The molecule has 1 fully saturated rings. The number of aryl methyl sites for hydroxylation is 1. The van der Waals surface area contributed by atoms with E-state index in [0.717, 1.165) is 31.8 Å². The second-order valence-corrected chi connectivity index (χ2v) is 6.35. The zero-order chi connectivity index (χ0) is 17.5. The third-order valence-electron chi connectivity index (χ3n) is 4.52. The second-order valence-electron chi connectivity index (χ2n) is 6.35. The molecular formula is C17H30Cl2N4O3. The number of aromatic nitrogens is 2. The van der Waals surface area contributed by atoms with Gasteiger partial charge in [-0.15, -0.1) is 24.8 Å². The first-order valence-corrected chi connectivity index (χ1v) is 8.61. The van der Waals surface area contributed by atoms with Crippen LogP contribution in [0.15, 0.2) is 12.4 Å². The van der Waals surface area contributed by atoms with Crippen LogP contribution in [0.3, 0.4) is 0 Å². The lowest BCUT2D eigenvalue weighted by atomic mass is 10.0. The summed E-state index contributed by atoms with van der Waals surface area (Å²) < 4.78 is 6.71. The maximum atomic E-state index is 12.4. The van der Waals surface area contributed by atoms with Crippen LogP contribution in [0.5, 0.6) is 0 Å². The summed E-state index contributed by atoms with van der Waals surface area (Å²) in [5.74, 6) is 0.631. The number of rotatable bonds is 7. The monoisotopic (exact) mass is 408 g/mol. The van der Waals surface area contributed by atoms with E-state index in [1.54, 1.807) is 23.9 Å². The van der Waals surface area contributed by atoms with Crippen LogP contribution in [0.2, 0.25) is 0 Å². The van der Waals surface area contributed by atoms with Gasteiger partial charge in [-0.1, -0.05) is 0 Å². The van der Waals surface area contributed by atoms with E-state index in [4.69, 9.17) is 4.74 Å². The Labute approximate surface area is 167 Å². The second kappa shape index (κ2) is 12.1. The quantitative estimate of drug-likeness (QED) is 0.643. The Hall–Kier alpha value is -1.31. The predicted molar refractivity (Wildman–Crippen MR) is 105 cm³/mol. The molecule has 26 heavy (non-hydrogen) atoms. The molecule has 0 aliphatic carbocycles. The molecule has 1 aromatic heterocycles. The summed E-state index contributed by atoms with van der Waals surface area (Å²) in [5.41, 5.74) is 0. The lowest BCUT2D eigenvalue weighted by Gasteiger charge is -2.35. The third kappa shape index (κ3) is 7.13. The standard InChI is InChI=1S/C17H28N4O3.2ClH/c1-4-24-17(23)13-21-12-9-18-15(21)5-6-16(22)20-10-7-14(8-11-20)19(2)3;;/h9,12,14H,4-8,10-11,13H2,1-3H3;2*1H. The minimum absolute atomic E-state index is 0. The molecule has 1 aromatic rings. The van der Waals surface area contributed by atoms with Gasteiger partial charge in [0.15, 0.2) is 0 Å². The van der Waals surface area contributed by atoms with Crippen molar-refractivity contribution in [3.63, 3.8) is 0 Å². The number of hydrogen-bond acceptors (Lipinski definition) is 5. The molecule has 150 valence electrons. The SMILES string of the molecule is CCOC(=O)Cn1ccnc1CCC(=O)N1CCC(N(C)C)CC1.Cl.Cl. The average Bonchev–Trinajstić information content (AvgIpc) is 3.00. The highest BCUT2D eigenvalue weighted by Crippen LogP contribution is 2.15. The number of hydrogen-bond donors (Lipinski definition) is 0. The van der Waals surface area contributed by atoms with Crippen LogP contribution in [-0.2, 0) is 27.3 Å². The van der Waals surface area contributed by atoms with Crippen molar-refractivity contribution >= 4 is 36.7 Å². The van der Waals surface area contributed by atoms with Gasteiger partial charge in [-0.2, -0.15) is 0 Å². The fraction of sp³-hybridized carbons (Fsp3) is 0.706. The molecule has 0 aromatic carbocycles. The van der Waals surface area contributed by atoms with Crippen molar-refractivity contribution in [1.29, 1.82) is 0 Å². The van der Waals surface area contributed by atoms with Crippen LogP contribution in [0.25, 0.3) is 0 Å². The molecule has 0 spiro atoms. The fourth-order valence-corrected chi connectivity index (χ4v) is 3.07. The molecular weight excluding hydrogens is 379 g/mol. The van der Waals surface area contributed by atoms with Crippen molar-refractivity contribution in [3.05, 3.63) is 18.2 Å². The van der Waals surface area contributed by atoms with Crippen molar-refractivity contribution in [2.75, 3.05) is 33.8 Å². The van der Waals surface area contributed by atoms with E-state index in [1.807, 2.05) is 4.90 Å². The molecule has 7 nitrogen and oxygen atoms in total. The van der Waals surface area contributed by atoms with Gasteiger partial charge in [0.05, 0.1) is 6.61 Å². The Morgan fingerprint density at radius 2 is 1.92 bits per heavy atom. The first-order chi connectivity index (χ1) is 11.5. The zero-order valence-corrected chi connectivity index (χ0v) is 17.4. The summed E-state index contributed by atoms with van der Waals surface area (Å²) in [7, 11) is 4.18. The number of halogens is 2. The van der Waals surface area contributed by atoms with Gasteiger partial charge in [0.25, 0.3) is 0 Å². The van der Waals surface area contributed by atoms with Gasteiger partial charge in [-0.25, -0.2) is 4.98 Å². The predicted octanol–water partition coefficient (Wildman–Crippen LogP) is 1.78. The van der Waals surface area contributed by atoms with E-state index < -0.39 is 0 Å². The van der Waals surface area contributed by atoms with Crippen molar-refractivity contribution in [2.24, 2.45) is 0 Å². The van der Waals surface area contributed by atoms with E-state index in [-0.39, 0.29) is 43.2 Å². The minimum atomic E-state index is -0.283. The molecule has 0 radical (unpaired) electrons. The topological polar surface area (TPSA) is 67.7 Å². The number of amides is 1. The minimum Gasteiger partial charge on any atom is -0.465 e. The summed E-state index contributed by atoms with van der Waals surface area (Å²) >= 11 is 0. The summed E-state index contributed by atoms with van der Waals surface area (Å²) in [6, 6.07) is 0.567. The molecule has 0 saturated carbocycles. The Morgan fingerprint density at radius 1 is 1.27 bits per heavy atom. The molecule has 9 heteroatoms. The molecule has 2 rings (SSSR count). The summed E-state index contributed by atoms with van der Waals surface area (Å²) in [5, 5.41) is 0. The molecule has 1 aliphatic rings. The number of ether oxygens (including phenoxy) is 1. The maximum Gasteiger partial charge on any atom is 0.325 e. The number of esters is 1. The van der Waals surface area contributed by atoms with Gasteiger partial charge >= 0.3 is 5.97 Å². The van der Waals surface area contributed by atoms with Crippen molar-refractivity contribution < 1.29 is 14.3 Å². The van der Waals surface area contributed by atoms with E-state index in [1.165, 1.54) is 0 Å². The smallest absolute Gasteiger partial charge is 0.325 e. The highest BCUT2D eigenvalue weighted by molar-refractivity contribution is 5.85. The van der Waals surface area contributed by atoms with Crippen molar-refractivity contribution in [2.45, 2.75) is 45.2 Å². The molecule has 1 saturated heterocycles.